The van der Waals surface area contributed by atoms with Crippen molar-refractivity contribution in [2.45, 2.75) is 0 Å². The van der Waals surface area contributed by atoms with Crippen LogP contribution in [0.25, 0.3) is 23.3 Å². The molecule has 4 heterocycles. The fraction of sp³-hybridized carbons (Fsp3) is 0. The van der Waals surface area contributed by atoms with Gasteiger partial charge in [0.1, 0.15) is 0 Å². The molecule has 4 heteroatoms. The summed E-state index contributed by atoms with van der Waals surface area (Å²) in [6.45, 7) is 0. The lowest BCUT2D eigenvalue weighted by Gasteiger charge is -2.10. The predicted octanol–water partition coefficient (Wildman–Crippen LogP) is 7.71. The Kier molecular flexibility index (Phi) is 4.90. The summed E-state index contributed by atoms with van der Waals surface area (Å²) in [5.41, 5.74) is 2.59. The van der Waals surface area contributed by atoms with E-state index < -0.39 is 0 Å². The Labute approximate surface area is 157 Å². The molecule has 0 aliphatic carbocycles. The van der Waals surface area contributed by atoms with Crippen molar-refractivity contribution in [3.05, 3.63) is 89.6 Å². The molecule has 0 aliphatic rings. The normalized spacial score (nSPS) is 12.7. The van der Waals surface area contributed by atoms with Gasteiger partial charge in [0.05, 0.1) is 0 Å². The van der Waals surface area contributed by atoms with Crippen molar-refractivity contribution in [2.75, 3.05) is 0 Å². The van der Waals surface area contributed by atoms with Gasteiger partial charge >= 0.3 is 0 Å². The second-order valence-electron chi connectivity index (χ2n) is 5.10. The van der Waals surface area contributed by atoms with Crippen LogP contribution in [0.1, 0.15) is 19.5 Å². The first-order valence-electron chi connectivity index (χ1n) is 7.49. The van der Waals surface area contributed by atoms with Gasteiger partial charge in [-0.2, -0.15) is 0 Å². The van der Waals surface area contributed by atoms with Crippen LogP contribution in [-0.2, 0) is 0 Å². The van der Waals surface area contributed by atoms with E-state index in [1.165, 1.54) is 30.7 Å². The molecule has 0 aromatic carbocycles. The van der Waals surface area contributed by atoms with E-state index in [4.69, 9.17) is 0 Å². The molecule has 4 aromatic rings. The lowest BCUT2D eigenvalue weighted by Crippen LogP contribution is -1.86. The van der Waals surface area contributed by atoms with Gasteiger partial charge in [-0.1, -0.05) is 24.3 Å². The Morgan fingerprint density at radius 2 is 0.958 bits per heavy atom. The maximum atomic E-state index is 2.32. The van der Waals surface area contributed by atoms with Gasteiger partial charge in [0.25, 0.3) is 0 Å². The Hall–Kier alpha value is -1.72. The van der Waals surface area contributed by atoms with Crippen LogP contribution >= 0.6 is 45.3 Å². The highest BCUT2D eigenvalue weighted by Crippen LogP contribution is 2.39. The smallest absolute Gasteiger partial charge is 0.0349 e. The third-order valence-corrected chi connectivity index (χ3v) is 6.97. The first-order chi connectivity index (χ1) is 11.9. The second kappa shape index (κ2) is 7.45. The van der Waals surface area contributed by atoms with Gasteiger partial charge in [-0.25, -0.2) is 0 Å². The largest absolute Gasteiger partial charge is 0.144 e. The van der Waals surface area contributed by atoms with Crippen LogP contribution in [0.2, 0.25) is 0 Å². The summed E-state index contributed by atoms with van der Waals surface area (Å²) in [5, 5.41) is 8.56. The minimum Gasteiger partial charge on any atom is -0.144 e. The van der Waals surface area contributed by atoms with Crippen LogP contribution in [-0.4, -0.2) is 0 Å². The zero-order valence-electron chi connectivity index (χ0n) is 12.7. The molecule has 0 radical (unpaired) electrons. The van der Waals surface area contributed by atoms with Gasteiger partial charge in [-0.05, 0) is 57.9 Å². The van der Waals surface area contributed by atoms with Gasteiger partial charge in [0.2, 0.25) is 0 Å². The predicted molar refractivity (Wildman–Crippen MR) is 113 cm³/mol. The van der Waals surface area contributed by atoms with E-state index in [1.54, 1.807) is 45.3 Å². The molecule has 0 nitrogen and oxygen atoms in total. The van der Waals surface area contributed by atoms with E-state index in [0.717, 1.165) is 0 Å². The summed E-state index contributed by atoms with van der Waals surface area (Å²) in [6, 6.07) is 17.2. The molecule has 4 rings (SSSR count). The molecule has 0 atom stereocenters. The van der Waals surface area contributed by atoms with Gasteiger partial charge in [-0.15, -0.1) is 45.3 Å². The molecule has 0 saturated carbocycles. The highest BCUT2D eigenvalue weighted by Gasteiger charge is 2.14. The summed E-state index contributed by atoms with van der Waals surface area (Å²) in [5.74, 6) is 0. The zero-order chi connectivity index (χ0) is 16.2. The SMILES string of the molecule is C(=C(\C(=C\c1cccs1)c1cccs1)c1cccs1)/c1cccs1. The molecule has 0 bridgehead atoms. The summed E-state index contributed by atoms with van der Waals surface area (Å²) in [6.07, 6.45) is 4.63. The van der Waals surface area contributed by atoms with E-state index >= 15 is 0 Å². The van der Waals surface area contributed by atoms with Crippen molar-refractivity contribution in [2.24, 2.45) is 0 Å². The maximum Gasteiger partial charge on any atom is 0.0349 e. The van der Waals surface area contributed by atoms with Gasteiger partial charge in [0.15, 0.2) is 0 Å². The summed E-state index contributed by atoms with van der Waals surface area (Å²) < 4.78 is 0. The topological polar surface area (TPSA) is 0 Å². The monoisotopic (exact) mass is 382 g/mol. The Bertz CT molecular complexity index is 839. The molecular formula is C20H14S4. The fourth-order valence-electron chi connectivity index (χ4n) is 2.46. The van der Waals surface area contributed by atoms with Gasteiger partial charge < -0.3 is 0 Å². The molecule has 0 amide bonds. The van der Waals surface area contributed by atoms with E-state index in [0.29, 0.717) is 0 Å². The fourth-order valence-corrected chi connectivity index (χ4v) is 5.29. The lowest BCUT2D eigenvalue weighted by molar-refractivity contribution is 1.82. The number of rotatable bonds is 5. The minimum atomic E-state index is 1.28. The van der Waals surface area contributed by atoms with Crippen molar-refractivity contribution in [3.63, 3.8) is 0 Å². The van der Waals surface area contributed by atoms with Gasteiger partial charge in [-0.3, -0.25) is 0 Å². The maximum absolute atomic E-state index is 2.32. The van der Waals surface area contributed by atoms with Crippen LogP contribution in [0.3, 0.4) is 0 Å². The van der Waals surface area contributed by atoms with Crippen molar-refractivity contribution in [3.8, 4) is 0 Å². The Morgan fingerprint density at radius 1 is 0.542 bits per heavy atom. The van der Waals surface area contributed by atoms with Crippen molar-refractivity contribution in [1.29, 1.82) is 0 Å². The average Bonchev–Trinajstić information content (AvgIpc) is 3.41. The quantitative estimate of drug-likeness (QED) is 0.310. The minimum absolute atomic E-state index is 1.28. The highest BCUT2D eigenvalue weighted by molar-refractivity contribution is 7.13. The van der Waals surface area contributed by atoms with Crippen LogP contribution in [0.5, 0.6) is 0 Å². The Balaban J connectivity index is 1.90. The van der Waals surface area contributed by atoms with Crippen LogP contribution in [0.15, 0.2) is 70.1 Å². The molecule has 0 aliphatic heterocycles. The Morgan fingerprint density at radius 3 is 1.29 bits per heavy atom. The third kappa shape index (κ3) is 3.52. The zero-order valence-corrected chi connectivity index (χ0v) is 16.0. The molecule has 0 saturated heterocycles. The number of allylic oxidation sites excluding steroid dienone is 2. The van der Waals surface area contributed by atoms with Crippen molar-refractivity contribution >= 4 is 68.6 Å². The molecular weight excluding hydrogens is 368 g/mol. The molecule has 0 spiro atoms. The molecule has 4 aromatic heterocycles. The molecule has 0 fully saturated rings. The van der Waals surface area contributed by atoms with E-state index in [1.807, 2.05) is 0 Å². The third-order valence-electron chi connectivity index (χ3n) is 3.52. The van der Waals surface area contributed by atoms with E-state index in [2.05, 4.69) is 82.2 Å². The van der Waals surface area contributed by atoms with Crippen LogP contribution in [0, 0.1) is 0 Å². The van der Waals surface area contributed by atoms with Gasteiger partial charge in [0, 0.05) is 30.7 Å². The summed E-state index contributed by atoms with van der Waals surface area (Å²) in [7, 11) is 0. The van der Waals surface area contributed by atoms with Crippen LogP contribution < -0.4 is 0 Å². The first kappa shape index (κ1) is 15.8. The lowest BCUT2D eigenvalue weighted by atomic mass is 10.0. The number of hydrogen-bond donors (Lipinski definition) is 0. The molecule has 0 unspecified atom stereocenters. The van der Waals surface area contributed by atoms with E-state index in [9.17, 15) is 0 Å². The summed E-state index contributed by atoms with van der Waals surface area (Å²) in [4.78, 5) is 5.18. The second-order valence-corrected chi connectivity index (χ2v) is 8.96. The number of thiophene rings is 4. The number of hydrogen-bond acceptors (Lipinski definition) is 4. The first-order valence-corrected chi connectivity index (χ1v) is 11.0. The van der Waals surface area contributed by atoms with Crippen LogP contribution in [0.4, 0.5) is 0 Å². The van der Waals surface area contributed by atoms with Crippen molar-refractivity contribution < 1.29 is 0 Å². The summed E-state index contributed by atoms with van der Waals surface area (Å²) >= 11 is 7.15. The standard InChI is InChI=1S/C20H14S4/c1-5-15(21-9-1)13-17(19-7-3-11-23-19)18(20-8-4-12-24-20)14-16-6-2-10-22-16/h1-14H/b17-13-,18-14-. The highest BCUT2D eigenvalue weighted by atomic mass is 32.1. The molecule has 24 heavy (non-hydrogen) atoms. The van der Waals surface area contributed by atoms with Crippen molar-refractivity contribution in [1.82, 2.24) is 0 Å². The molecule has 0 N–H and O–H groups in total. The molecule has 118 valence electrons. The van der Waals surface area contributed by atoms with E-state index in [-0.39, 0.29) is 0 Å². The average molecular weight is 383 g/mol.